The van der Waals surface area contributed by atoms with Crippen LogP contribution >= 0.6 is 0 Å². The number of amides is 1. The molecule has 0 aliphatic carbocycles. The van der Waals surface area contributed by atoms with E-state index in [1.54, 1.807) is 35.9 Å². The summed E-state index contributed by atoms with van der Waals surface area (Å²) < 4.78 is 21.6. The first-order valence-electron chi connectivity index (χ1n) is 11.6. The number of pyridine rings is 2. The van der Waals surface area contributed by atoms with Crippen molar-refractivity contribution in [3.63, 3.8) is 0 Å². The predicted molar refractivity (Wildman–Crippen MR) is 134 cm³/mol. The molecule has 3 aromatic heterocycles. The van der Waals surface area contributed by atoms with Gasteiger partial charge in [-0.05, 0) is 61.2 Å². The van der Waals surface area contributed by atoms with Gasteiger partial charge >= 0.3 is 0 Å². The third kappa shape index (κ3) is 4.70. The number of hydrogen-bond acceptors (Lipinski definition) is 5. The molecule has 0 fully saturated rings. The van der Waals surface area contributed by atoms with Gasteiger partial charge in [0, 0.05) is 5.69 Å². The van der Waals surface area contributed by atoms with Crippen molar-refractivity contribution in [1.82, 2.24) is 19.7 Å². The van der Waals surface area contributed by atoms with E-state index in [0.29, 0.717) is 40.3 Å². The third-order valence-electron chi connectivity index (χ3n) is 5.84. The molecule has 36 heavy (non-hydrogen) atoms. The van der Waals surface area contributed by atoms with Crippen molar-refractivity contribution in [2.24, 2.45) is 0 Å². The van der Waals surface area contributed by atoms with Crippen molar-refractivity contribution in [1.29, 1.82) is 5.26 Å². The second-order valence-electron chi connectivity index (χ2n) is 8.72. The molecule has 0 aliphatic rings. The van der Waals surface area contributed by atoms with Crippen LogP contribution in [0.2, 0.25) is 0 Å². The zero-order valence-corrected chi connectivity index (χ0v) is 20.5. The van der Waals surface area contributed by atoms with Gasteiger partial charge in [0.1, 0.15) is 29.7 Å². The van der Waals surface area contributed by atoms with E-state index < -0.39 is 11.7 Å². The number of carbonyl (C=O) groups is 1. The number of nitrogens with zero attached hydrogens (tertiary/aromatic N) is 3. The molecular formula is C27H26FN5O3. The first-order valence-corrected chi connectivity index (χ1v) is 11.6. The number of imidazole rings is 1. The van der Waals surface area contributed by atoms with Gasteiger partial charge in [-0.15, -0.1) is 0 Å². The molecule has 1 amide bonds. The maximum atomic E-state index is 14.4. The van der Waals surface area contributed by atoms with Crippen LogP contribution in [-0.4, -0.2) is 26.9 Å². The molecule has 0 bridgehead atoms. The Morgan fingerprint density at radius 3 is 2.69 bits per heavy atom. The summed E-state index contributed by atoms with van der Waals surface area (Å²) in [4.78, 5) is 33.1. The van der Waals surface area contributed by atoms with E-state index in [-0.39, 0.29) is 29.3 Å². The number of aromatic amines is 1. The average Bonchev–Trinajstić information content (AvgIpc) is 3.27. The van der Waals surface area contributed by atoms with Gasteiger partial charge in [-0.2, -0.15) is 5.26 Å². The van der Waals surface area contributed by atoms with E-state index in [9.17, 15) is 14.0 Å². The van der Waals surface area contributed by atoms with Crippen molar-refractivity contribution in [3.8, 4) is 22.9 Å². The molecular weight excluding hydrogens is 461 g/mol. The highest BCUT2D eigenvalue weighted by molar-refractivity contribution is 5.95. The number of halogens is 1. The zero-order valence-electron chi connectivity index (χ0n) is 20.5. The van der Waals surface area contributed by atoms with Gasteiger partial charge in [0.2, 0.25) is 0 Å². The SMILES string of the molecule is CCOc1cc(C)[nH]c(=O)c1CNC(=O)c1cc(-c2ccc(C#N)c(F)c2)cc2c(C(C)C)ncn12. The molecule has 184 valence electrons. The molecule has 0 saturated heterocycles. The first kappa shape index (κ1) is 24.7. The van der Waals surface area contributed by atoms with Crippen LogP contribution in [-0.2, 0) is 6.54 Å². The van der Waals surface area contributed by atoms with Gasteiger partial charge in [0.05, 0.1) is 35.5 Å². The number of nitriles is 1. The summed E-state index contributed by atoms with van der Waals surface area (Å²) in [5.41, 5.74) is 3.46. The van der Waals surface area contributed by atoms with E-state index in [1.165, 1.54) is 12.1 Å². The smallest absolute Gasteiger partial charge is 0.268 e. The molecule has 0 atom stereocenters. The van der Waals surface area contributed by atoms with Crippen molar-refractivity contribution in [2.75, 3.05) is 6.61 Å². The monoisotopic (exact) mass is 487 g/mol. The van der Waals surface area contributed by atoms with Crippen molar-refractivity contribution in [3.05, 3.63) is 87.1 Å². The number of aromatic nitrogens is 3. The van der Waals surface area contributed by atoms with Gasteiger partial charge in [-0.1, -0.05) is 19.9 Å². The number of benzene rings is 1. The van der Waals surface area contributed by atoms with Crippen LogP contribution < -0.4 is 15.6 Å². The minimum Gasteiger partial charge on any atom is -0.493 e. The molecule has 2 N–H and O–H groups in total. The van der Waals surface area contributed by atoms with Crippen LogP contribution in [0.15, 0.2) is 47.5 Å². The Hall–Kier alpha value is -4.45. The second kappa shape index (κ2) is 10.0. The number of hydrogen-bond donors (Lipinski definition) is 2. The fourth-order valence-electron chi connectivity index (χ4n) is 4.08. The van der Waals surface area contributed by atoms with E-state index >= 15 is 0 Å². The van der Waals surface area contributed by atoms with Crippen LogP contribution in [0, 0.1) is 24.1 Å². The number of H-pyrrole nitrogens is 1. The third-order valence-corrected chi connectivity index (χ3v) is 5.84. The number of fused-ring (bicyclic) bond motifs is 1. The molecule has 0 unspecified atom stereocenters. The lowest BCUT2D eigenvalue weighted by molar-refractivity contribution is 0.0944. The van der Waals surface area contributed by atoms with Gasteiger partial charge in [0.15, 0.2) is 0 Å². The lowest BCUT2D eigenvalue weighted by Crippen LogP contribution is -2.29. The fourth-order valence-corrected chi connectivity index (χ4v) is 4.08. The number of ether oxygens (including phenoxy) is 1. The molecule has 4 aromatic rings. The maximum absolute atomic E-state index is 14.4. The highest BCUT2D eigenvalue weighted by Gasteiger charge is 2.19. The van der Waals surface area contributed by atoms with Crippen LogP contribution in [0.5, 0.6) is 5.75 Å². The summed E-state index contributed by atoms with van der Waals surface area (Å²) in [6, 6.07) is 11.3. The predicted octanol–water partition coefficient (Wildman–Crippen LogP) is 4.46. The average molecular weight is 488 g/mol. The molecule has 0 radical (unpaired) electrons. The lowest BCUT2D eigenvalue weighted by Gasteiger charge is -2.14. The first-order chi connectivity index (χ1) is 17.2. The largest absolute Gasteiger partial charge is 0.493 e. The minimum absolute atomic E-state index is 0.0489. The highest BCUT2D eigenvalue weighted by Crippen LogP contribution is 2.28. The summed E-state index contributed by atoms with van der Waals surface area (Å²) in [6.45, 7) is 7.89. The summed E-state index contributed by atoms with van der Waals surface area (Å²) in [5, 5.41) is 11.9. The van der Waals surface area contributed by atoms with Crippen molar-refractivity contribution in [2.45, 2.75) is 40.2 Å². The Labute approximate surface area is 207 Å². The van der Waals surface area contributed by atoms with E-state index in [4.69, 9.17) is 10.00 Å². The molecule has 0 saturated carbocycles. The molecule has 8 nitrogen and oxygen atoms in total. The van der Waals surface area contributed by atoms with E-state index in [2.05, 4.69) is 15.3 Å². The normalized spacial score (nSPS) is 11.0. The van der Waals surface area contributed by atoms with Crippen LogP contribution in [0.3, 0.4) is 0 Å². The topological polar surface area (TPSA) is 112 Å². The number of carbonyl (C=O) groups excluding carboxylic acids is 1. The summed E-state index contributed by atoms with van der Waals surface area (Å²) in [5.74, 6) is -0.582. The standard InChI is InChI=1S/C27H26FN5O3/c1-5-36-24-8-16(4)32-26(34)20(24)13-30-27(35)23-11-19(17-6-7-18(12-29)21(28)9-17)10-22-25(15(2)3)31-14-33(22)23/h6-11,14-15H,5,13H2,1-4H3,(H,30,35)(H,32,34). The fraction of sp³-hybridized carbons (Fsp3) is 0.259. The Kier molecular flexibility index (Phi) is 6.88. The zero-order chi connectivity index (χ0) is 26.0. The van der Waals surface area contributed by atoms with Crippen LogP contribution in [0.1, 0.15) is 59.7 Å². The summed E-state index contributed by atoms with van der Waals surface area (Å²) >= 11 is 0. The van der Waals surface area contributed by atoms with Gasteiger partial charge in [-0.25, -0.2) is 9.37 Å². The van der Waals surface area contributed by atoms with Crippen LogP contribution in [0.4, 0.5) is 4.39 Å². The Morgan fingerprint density at radius 1 is 1.25 bits per heavy atom. The molecule has 3 heterocycles. The van der Waals surface area contributed by atoms with Gasteiger partial charge in [-0.3, -0.25) is 14.0 Å². The maximum Gasteiger partial charge on any atom is 0.268 e. The highest BCUT2D eigenvalue weighted by atomic mass is 19.1. The Morgan fingerprint density at radius 2 is 2.03 bits per heavy atom. The minimum atomic E-state index is -0.638. The van der Waals surface area contributed by atoms with Crippen molar-refractivity contribution >= 4 is 11.4 Å². The van der Waals surface area contributed by atoms with Gasteiger partial charge in [0.25, 0.3) is 11.5 Å². The molecule has 0 spiro atoms. The number of rotatable bonds is 7. The molecule has 9 heteroatoms. The molecule has 0 aliphatic heterocycles. The molecule has 4 rings (SSSR count). The van der Waals surface area contributed by atoms with E-state index in [0.717, 1.165) is 5.69 Å². The number of nitrogens with one attached hydrogen (secondary N) is 2. The summed E-state index contributed by atoms with van der Waals surface area (Å²) in [7, 11) is 0. The second-order valence-corrected chi connectivity index (χ2v) is 8.72. The quantitative estimate of drug-likeness (QED) is 0.400. The van der Waals surface area contributed by atoms with E-state index in [1.807, 2.05) is 32.9 Å². The Balaban J connectivity index is 1.77. The van der Waals surface area contributed by atoms with Gasteiger partial charge < -0.3 is 15.0 Å². The number of aryl methyl sites for hydroxylation is 1. The Bertz CT molecular complexity index is 1560. The summed E-state index contributed by atoms with van der Waals surface area (Å²) in [6.07, 6.45) is 1.58. The van der Waals surface area contributed by atoms with Crippen molar-refractivity contribution < 1.29 is 13.9 Å². The molecule has 1 aromatic carbocycles. The van der Waals surface area contributed by atoms with Crippen LogP contribution in [0.25, 0.3) is 16.6 Å². The lowest BCUT2D eigenvalue weighted by atomic mass is 10.0.